The summed E-state index contributed by atoms with van der Waals surface area (Å²) < 4.78 is 7.07. The van der Waals surface area contributed by atoms with Gasteiger partial charge in [0.15, 0.2) is 17.4 Å². The molecule has 0 radical (unpaired) electrons. The molecule has 2 N–H and O–H groups in total. The quantitative estimate of drug-likeness (QED) is 0.258. The lowest BCUT2D eigenvalue weighted by Crippen LogP contribution is -2.41. The van der Waals surface area contributed by atoms with Crippen molar-refractivity contribution < 1.29 is 14.1 Å². The number of furan rings is 1. The van der Waals surface area contributed by atoms with E-state index in [9.17, 15) is 5.11 Å². The predicted molar refractivity (Wildman–Crippen MR) is 112 cm³/mol. The third kappa shape index (κ3) is 4.69. The van der Waals surface area contributed by atoms with Crippen LogP contribution in [0.15, 0.2) is 65.5 Å². The summed E-state index contributed by atoms with van der Waals surface area (Å²) in [5.74, 6) is 0.654. The van der Waals surface area contributed by atoms with Crippen LogP contribution in [-0.2, 0) is 6.54 Å². The highest BCUT2D eigenvalue weighted by Crippen LogP contribution is 2.28. The molecule has 1 aromatic carbocycles. The number of nitrogens with one attached hydrogen (secondary N) is 1. The molecular weight excluding hydrogens is 403 g/mol. The summed E-state index contributed by atoms with van der Waals surface area (Å²) in [6.45, 7) is 2.34. The molecule has 0 spiro atoms. The van der Waals surface area contributed by atoms with E-state index in [1.54, 1.807) is 41.3 Å². The Morgan fingerprint density at radius 2 is 2.04 bits per heavy atom. The summed E-state index contributed by atoms with van der Waals surface area (Å²) in [7, 11) is 0. The van der Waals surface area contributed by atoms with E-state index in [0.29, 0.717) is 32.8 Å². The zero-order valence-corrected chi connectivity index (χ0v) is 16.8. The Morgan fingerprint density at radius 3 is 2.74 bits per heavy atom. The van der Waals surface area contributed by atoms with E-state index in [2.05, 4.69) is 5.32 Å². The van der Waals surface area contributed by atoms with Crippen LogP contribution in [0.25, 0.3) is 11.5 Å². The minimum Gasteiger partial charge on any atom is -0.502 e. The third-order valence-electron chi connectivity index (χ3n) is 3.83. The molecule has 0 bridgehead atoms. The number of rotatable bonds is 5. The van der Waals surface area contributed by atoms with Crippen molar-refractivity contribution in [1.29, 1.82) is 0 Å². The summed E-state index contributed by atoms with van der Waals surface area (Å²) in [6, 6.07) is 12.4. The maximum Gasteiger partial charge on any atom is 0.288 e. The number of aliphatic hydroxyl groups is 1. The van der Waals surface area contributed by atoms with Crippen molar-refractivity contribution in [3.05, 3.63) is 88.1 Å². The van der Waals surface area contributed by atoms with Crippen molar-refractivity contribution in [2.75, 3.05) is 0 Å². The molecule has 3 aromatic rings. The van der Waals surface area contributed by atoms with Gasteiger partial charge in [0.25, 0.3) is 5.70 Å². The van der Waals surface area contributed by atoms with Crippen LogP contribution in [0.5, 0.6) is 0 Å². The van der Waals surface area contributed by atoms with Gasteiger partial charge in [0.2, 0.25) is 5.76 Å². The SMILES string of the molecule is Cc1ccc[n+](/C(C(=S)NCc2ccco2)=C(/O)c2cc(Cl)ccc2Cl)c1. The van der Waals surface area contributed by atoms with Crippen molar-refractivity contribution in [2.24, 2.45) is 0 Å². The lowest BCUT2D eigenvalue weighted by Gasteiger charge is -2.11. The van der Waals surface area contributed by atoms with Crippen molar-refractivity contribution in [3.8, 4) is 0 Å². The molecule has 7 heteroatoms. The zero-order chi connectivity index (χ0) is 19.4. The normalized spacial score (nSPS) is 11.8. The number of nitrogens with zero attached hydrogens (tertiary/aromatic N) is 1. The second-order valence-electron chi connectivity index (χ2n) is 5.87. The Bertz CT molecular complexity index is 1000. The fourth-order valence-corrected chi connectivity index (χ4v) is 3.20. The second-order valence-corrected chi connectivity index (χ2v) is 7.12. The molecule has 0 fully saturated rings. The summed E-state index contributed by atoms with van der Waals surface area (Å²) >= 11 is 17.9. The van der Waals surface area contributed by atoms with Crippen molar-refractivity contribution in [1.82, 2.24) is 5.32 Å². The molecule has 0 aliphatic heterocycles. The van der Waals surface area contributed by atoms with Gasteiger partial charge in [-0.3, -0.25) is 0 Å². The Labute approximate surface area is 172 Å². The number of halogens is 2. The molecule has 4 nitrogen and oxygen atoms in total. The number of thiocarbonyl (C=S) groups is 1. The van der Waals surface area contributed by atoms with E-state index in [1.807, 2.05) is 31.3 Å². The monoisotopic (exact) mass is 419 g/mol. The summed E-state index contributed by atoms with van der Waals surface area (Å²) in [6.07, 6.45) is 5.26. The van der Waals surface area contributed by atoms with Crippen molar-refractivity contribution in [2.45, 2.75) is 13.5 Å². The predicted octanol–water partition coefficient (Wildman–Crippen LogP) is 5.18. The number of pyridine rings is 1. The summed E-state index contributed by atoms with van der Waals surface area (Å²) in [5.41, 5.74) is 1.80. The van der Waals surface area contributed by atoms with Crippen molar-refractivity contribution in [3.63, 3.8) is 0 Å². The first-order valence-electron chi connectivity index (χ1n) is 8.13. The average molecular weight is 420 g/mol. The molecule has 0 amide bonds. The van der Waals surface area contributed by atoms with Crippen LogP contribution in [0, 0.1) is 6.92 Å². The third-order valence-corrected chi connectivity index (χ3v) is 4.74. The van der Waals surface area contributed by atoms with Crippen LogP contribution in [0.4, 0.5) is 0 Å². The van der Waals surface area contributed by atoms with Crippen LogP contribution in [0.3, 0.4) is 0 Å². The number of aliphatic hydroxyl groups excluding tert-OH is 1. The zero-order valence-electron chi connectivity index (χ0n) is 14.4. The van der Waals surface area contributed by atoms with Gasteiger partial charge in [0, 0.05) is 22.2 Å². The topological polar surface area (TPSA) is 49.3 Å². The standard InChI is InChI=1S/C20H16Cl2N2O2S/c1-13-4-2-8-24(12-13)18(20(27)23-11-15-5-3-9-26-15)19(25)16-10-14(21)6-7-17(16)22/h2-10,12H,11H2,1H3,(H-,23,25,27)/p+1. The molecule has 2 heterocycles. The first kappa shape index (κ1) is 19.4. The van der Waals surface area contributed by atoms with E-state index in [-0.39, 0.29) is 5.76 Å². The van der Waals surface area contributed by atoms with Gasteiger partial charge >= 0.3 is 0 Å². The first-order chi connectivity index (χ1) is 13.0. The maximum absolute atomic E-state index is 11.0. The van der Waals surface area contributed by atoms with E-state index in [4.69, 9.17) is 39.8 Å². The lowest BCUT2D eigenvalue weighted by molar-refractivity contribution is -0.576. The van der Waals surface area contributed by atoms with Crippen LogP contribution < -0.4 is 9.88 Å². The van der Waals surface area contributed by atoms with E-state index < -0.39 is 0 Å². The molecule has 27 heavy (non-hydrogen) atoms. The van der Waals surface area contributed by atoms with Crippen LogP contribution in [0.2, 0.25) is 10.0 Å². The number of aromatic nitrogens is 1. The smallest absolute Gasteiger partial charge is 0.288 e. The molecule has 0 unspecified atom stereocenters. The number of hydrogen-bond donors (Lipinski definition) is 2. The molecular formula is C20H17Cl2N2O2S+. The molecule has 0 atom stereocenters. The highest BCUT2D eigenvalue weighted by atomic mass is 35.5. The largest absolute Gasteiger partial charge is 0.502 e. The first-order valence-corrected chi connectivity index (χ1v) is 9.29. The Morgan fingerprint density at radius 1 is 1.22 bits per heavy atom. The molecule has 138 valence electrons. The van der Waals surface area contributed by atoms with Gasteiger partial charge in [-0.25, -0.2) is 0 Å². The lowest BCUT2D eigenvalue weighted by atomic mass is 10.1. The van der Waals surface area contributed by atoms with Crippen LogP contribution >= 0.6 is 35.4 Å². The minimum atomic E-state index is -0.0740. The molecule has 3 rings (SSSR count). The number of hydrogen-bond acceptors (Lipinski definition) is 3. The van der Waals surface area contributed by atoms with Crippen LogP contribution in [-0.4, -0.2) is 10.1 Å². The van der Waals surface area contributed by atoms with Gasteiger partial charge in [0.1, 0.15) is 5.76 Å². The van der Waals surface area contributed by atoms with Gasteiger partial charge in [-0.05, 0) is 43.3 Å². The highest BCUT2D eigenvalue weighted by Gasteiger charge is 2.25. The van der Waals surface area contributed by atoms with Crippen molar-refractivity contribution >= 4 is 51.9 Å². The van der Waals surface area contributed by atoms with Gasteiger partial charge in [0.05, 0.1) is 17.8 Å². The molecule has 0 aliphatic carbocycles. The van der Waals surface area contributed by atoms with Gasteiger partial charge < -0.3 is 14.8 Å². The summed E-state index contributed by atoms with van der Waals surface area (Å²) in [4.78, 5) is 0.343. The van der Waals surface area contributed by atoms with Gasteiger partial charge in [-0.15, -0.1) is 0 Å². The van der Waals surface area contributed by atoms with E-state index >= 15 is 0 Å². The number of aryl methyl sites for hydroxylation is 1. The minimum absolute atomic E-state index is 0.0740. The summed E-state index contributed by atoms with van der Waals surface area (Å²) in [5, 5.41) is 15.0. The average Bonchev–Trinajstić information content (AvgIpc) is 3.16. The molecule has 0 saturated carbocycles. The maximum atomic E-state index is 11.0. The second kappa shape index (κ2) is 8.57. The van der Waals surface area contributed by atoms with Gasteiger partial charge in [-0.1, -0.05) is 35.4 Å². The Hall–Kier alpha value is -2.34. The molecule has 0 aliphatic rings. The van der Waals surface area contributed by atoms with Gasteiger partial charge in [-0.2, -0.15) is 4.57 Å². The molecule has 0 saturated heterocycles. The van der Waals surface area contributed by atoms with Crippen LogP contribution in [0.1, 0.15) is 16.9 Å². The van der Waals surface area contributed by atoms with E-state index in [1.165, 1.54) is 0 Å². The molecule has 2 aromatic heterocycles. The number of benzene rings is 1. The fraction of sp³-hybridized carbons (Fsp3) is 0.100. The highest BCUT2D eigenvalue weighted by molar-refractivity contribution is 7.81. The Kier molecular flexibility index (Phi) is 6.16. The van der Waals surface area contributed by atoms with E-state index in [0.717, 1.165) is 11.3 Å². The fourth-order valence-electron chi connectivity index (χ4n) is 2.55. The Balaban J connectivity index is 2.06.